The summed E-state index contributed by atoms with van der Waals surface area (Å²) in [6.45, 7) is 6.32. The third kappa shape index (κ3) is 6.52. The molecule has 0 spiro atoms. The maximum absolute atomic E-state index is 12.8. The van der Waals surface area contributed by atoms with Gasteiger partial charge in [-0.3, -0.25) is 4.79 Å². The molecular formula is C27H29ClN4O3S2. The minimum Gasteiger partial charge on any atom is -0.308 e. The van der Waals surface area contributed by atoms with Crippen LogP contribution in [0.5, 0.6) is 0 Å². The van der Waals surface area contributed by atoms with Crippen molar-refractivity contribution in [3.8, 4) is 0 Å². The number of hydrogen-bond acceptors (Lipinski definition) is 6. The fourth-order valence-corrected chi connectivity index (χ4v) is 6.06. The number of carbonyl (C=O) groups is 1. The Morgan fingerprint density at radius 3 is 2.49 bits per heavy atom. The zero-order valence-electron chi connectivity index (χ0n) is 21.0. The van der Waals surface area contributed by atoms with Crippen LogP contribution in [0.15, 0.2) is 64.4 Å². The van der Waals surface area contributed by atoms with Gasteiger partial charge in [-0.2, -0.15) is 0 Å². The number of nitrogens with one attached hydrogen (secondary N) is 1. The van der Waals surface area contributed by atoms with Gasteiger partial charge in [0.25, 0.3) is 15.9 Å². The predicted molar refractivity (Wildman–Crippen MR) is 149 cm³/mol. The van der Waals surface area contributed by atoms with Crippen molar-refractivity contribution in [3.63, 3.8) is 0 Å². The lowest BCUT2D eigenvalue weighted by Gasteiger charge is -2.11. The van der Waals surface area contributed by atoms with E-state index in [2.05, 4.69) is 27.7 Å². The Labute approximate surface area is 226 Å². The van der Waals surface area contributed by atoms with Crippen LogP contribution in [0.1, 0.15) is 53.6 Å². The maximum atomic E-state index is 12.8. The average Bonchev–Trinajstić information content (AvgIpc) is 3.17. The van der Waals surface area contributed by atoms with E-state index in [1.54, 1.807) is 30.0 Å². The van der Waals surface area contributed by atoms with Gasteiger partial charge in [0.05, 0.1) is 11.4 Å². The highest BCUT2D eigenvalue weighted by Gasteiger charge is 2.21. The summed E-state index contributed by atoms with van der Waals surface area (Å²) < 4.78 is 29.3. The highest BCUT2D eigenvalue weighted by atomic mass is 35.5. The van der Waals surface area contributed by atoms with Gasteiger partial charge >= 0.3 is 0 Å². The van der Waals surface area contributed by atoms with Crippen molar-refractivity contribution in [2.75, 3.05) is 5.75 Å². The molecule has 10 heteroatoms. The Morgan fingerprint density at radius 1 is 1.03 bits per heavy atom. The number of benzene rings is 2. The second kappa shape index (κ2) is 11.7. The molecule has 2 aromatic heterocycles. The van der Waals surface area contributed by atoms with Gasteiger partial charge in [-0.15, -0.1) is 11.8 Å². The number of aryl methyl sites for hydroxylation is 2. The molecule has 4 rings (SSSR count). The summed E-state index contributed by atoms with van der Waals surface area (Å²) in [6.07, 6.45) is 3.59. The summed E-state index contributed by atoms with van der Waals surface area (Å²) in [5.74, 6) is 0.959. The fraction of sp³-hybridized carbons (Fsp3) is 0.296. The molecule has 0 atom stereocenters. The summed E-state index contributed by atoms with van der Waals surface area (Å²) >= 11 is 8.41. The van der Waals surface area contributed by atoms with Gasteiger partial charge in [-0.05, 0) is 68.0 Å². The van der Waals surface area contributed by atoms with Crippen LogP contribution in [0.4, 0.5) is 0 Å². The number of amides is 1. The van der Waals surface area contributed by atoms with E-state index < -0.39 is 15.9 Å². The Kier molecular flexibility index (Phi) is 8.56. The number of nitrogens with zero attached hydrogens (tertiary/aromatic N) is 3. The summed E-state index contributed by atoms with van der Waals surface area (Å²) in [6, 6.07) is 15.4. The lowest BCUT2D eigenvalue weighted by Crippen LogP contribution is -2.31. The van der Waals surface area contributed by atoms with E-state index in [9.17, 15) is 13.2 Å². The molecular weight excluding hydrogens is 528 g/mol. The molecule has 7 nitrogen and oxygen atoms in total. The Balaban J connectivity index is 1.55. The quantitative estimate of drug-likeness (QED) is 0.186. The molecule has 0 fully saturated rings. The average molecular weight is 557 g/mol. The first kappa shape index (κ1) is 27.2. The molecule has 2 heterocycles. The van der Waals surface area contributed by atoms with Crippen molar-refractivity contribution in [1.82, 2.24) is 19.3 Å². The van der Waals surface area contributed by atoms with Gasteiger partial charge in [0.1, 0.15) is 17.0 Å². The molecule has 0 aliphatic carbocycles. The molecule has 37 heavy (non-hydrogen) atoms. The molecule has 0 aliphatic heterocycles. The molecule has 0 saturated heterocycles. The first-order chi connectivity index (χ1) is 17.7. The first-order valence-corrected chi connectivity index (χ1v) is 14.9. The van der Waals surface area contributed by atoms with Gasteiger partial charge in [-0.1, -0.05) is 55.1 Å². The predicted octanol–water partition coefficient (Wildman–Crippen LogP) is 6.15. The lowest BCUT2D eigenvalue weighted by atomic mass is 10.2. The second-order valence-electron chi connectivity index (χ2n) is 8.84. The van der Waals surface area contributed by atoms with E-state index in [1.807, 2.05) is 30.5 Å². The van der Waals surface area contributed by atoms with Gasteiger partial charge in [0.15, 0.2) is 5.65 Å². The topological polar surface area (TPSA) is 94.0 Å². The standard InChI is InChI=1S/C27H29ClN4O3S2/c1-4-5-6-15-36-21-10-9-20(23(28)16-21)17-32-19(3)29-24-13-14-25(30-26(24)32)27(33)31-37(34,35)22-11-7-18(2)8-12-22/h7-14,16H,4-6,15,17H2,1-3H3,(H,31,33). The highest BCUT2D eigenvalue weighted by Crippen LogP contribution is 2.27. The third-order valence-corrected chi connectivity index (χ3v) is 8.72. The van der Waals surface area contributed by atoms with E-state index in [0.29, 0.717) is 28.6 Å². The van der Waals surface area contributed by atoms with Crippen LogP contribution < -0.4 is 4.72 Å². The van der Waals surface area contributed by atoms with Gasteiger partial charge in [0.2, 0.25) is 0 Å². The Hall–Kier alpha value is -2.88. The SMILES string of the molecule is CCCCCSc1ccc(Cn2c(C)nc3ccc(C(=O)NS(=O)(=O)c4ccc(C)cc4)nc32)c(Cl)c1. The van der Waals surface area contributed by atoms with E-state index >= 15 is 0 Å². The van der Waals surface area contributed by atoms with Crippen LogP contribution in [-0.4, -0.2) is 34.6 Å². The molecule has 2 aromatic carbocycles. The van der Waals surface area contributed by atoms with Crippen molar-refractivity contribution in [2.45, 2.75) is 56.4 Å². The fourth-order valence-electron chi connectivity index (χ4n) is 3.84. The summed E-state index contributed by atoms with van der Waals surface area (Å²) in [4.78, 5) is 23.0. The Morgan fingerprint density at radius 2 is 1.78 bits per heavy atom. The van der Waals surface area contributed by atoms with Crippen molar-refractivity contribution >= 4 is 50.5 Å². The van der Waals surface area contributed by atoms with Crippen molar-refractivity contribution in [1.29, 1.82) is 0 Å². The summed E-state index contributed by atoms with van der Waals surface area (Å²) in [5.41, 5.74) is 2.89. The largest absolute Gasteiger partial charge is 0.308 e. The first-order valence-electron chi connectivity index (χ1n) is 12.1. The molecule has 4 aromatic rings. The number of aromatic nitrogens is 3. The number of rotatable bonds is 10. The monoisotopic (exact) mass is 556 g/mol. The Bertz CT molecular complexity index is 1530. The van der Waals surface area contributed by atoms with Crippen LogP contribution in [0.3, 0.4) is 0 Å². The van der Waals surface area contributed by atoms with Crippen molar-refractivity contribution < 1.29 is 13.2 Å². The van der Waals surface area contributed by atoms with Crippen molar-refractivity contribution in [2.24, 2.45) is 0 Å². The zero-order chi connectivity index (χ0) is 26.6. The molecule has 1 amide bonds. The normalized spacial score (nSPS) is 11.7. The molecule has 0 unspecified atom stereocenters. The van der Waals surface area contributed by atoms with Crippen LogP contribution >= 0.6 is 23.4 Å². The number of halogens is 1. The molecule has 0 saturated carbocycles. The molecule has 1 N–H and O–H groups in total. The second-order valence-corrected chi connectivity index (χ2v) is 12.1. The van der Waals surface area contributed by atoms with Crippen molar-refractivity contribution in [3.05, 3.63) is 82.3 Å². The van der Waals surface area contributed by atoms with Crippen LogP contribution in [0.25, 0.3) is 11.2 Å². The van der Waals surface area contributed by atoms with E-state index in [4.69, 9.17) is 11.6 Å². The highest BCUT2D eigenvalue weighted by molar-refractivity contribution is 7.99. The van der Waals surface area contributed by atoms with Crippen LogP contribution in [0.2, 0.25) is 5.02 Å². The third-order valence-electron chi connectivity index (χ3n) is 5.94. The molecule has 0 bridgehead atoms. The minimum atomic E-state index is -4.03. The number of thioether (sulfide) groups is 1. The molecule has 0 aliphatic rings. The number of sulfonamides is 1. The number of unbranched alkanes of at least 4 members (excludes halogenated alkanes) is 2. The smallest absolute Gasteiger partial charge is 0.283 e. The van der Waals surface area contributed by atoms with Gasteiger partial charge in [-0.25, -0.2) is 23.1 Å². The number of pyridine rings is 1. The zero-order valence-corrected chi connectivity index (χ0v) is 23.4. The van der Waals surface area contributed by atoms with Crippen LogP contribution in [0, 0.1) is 13.8 Å². The van der Waals surface area contributed by atoms with E-state index in [0.717, 1.165) is 21.8 Å². The van der Waals surface area contributed by atoms with Gasteiger partial charge in [0, 0.05) is 9.92 Å². The number of hydrogen-bond donors (Lipinski definition) is 1. The van der Waals surface area contributed by atoms with Gasteiger partial charge < -0.3 is 4.57 Å². The van der Waals surface area contributed by atoms with Crippen LogP contribution in [-0.2, 0) is 16.6 Å². The molecule has 194 valence electrons. The lowest BCUT2D eigenvalue weighted by molar-refractivity contribution is 0.0977. The number of carbonyl (C=O) groups excluding carboxylic acids is 1. The molecule has 0 radical (unpaired) electrons. The summed E-state index contributed by atoms with van der Waals surface area (Å²) in [5, 5.41) is 0.653. The number of fused-ring (bicyclic) bond motifs is 1. The van der Waals surface area contributed by atoms with E-state index in [-0.39, 0.29) is 10.6 Å². The van der Waals surface area contributed by atoms with E-state index in [1.165, 1.54) is 37.5 Å². The minimum absolute atomic E-state index is 0.00929. The maximum Gasteiger partial charge on any atom is 0.283 e. The summed E-state index contributed by atoms with van der Waals surface area (Å²) in [7, 11) is -4.03. The number of imidazole rings is 1.